The van der Waals surface area contributed by atoms with Crippen LogP contribution >= 0.6 is 23.2 Å². The third-order valence-electron chi connectivity index (χ3n) is 2.60. The summed E-state index contributed by atoms with van der Waals surface area (Å²) in [5.74, 6) is -0.772. The number of urea groups is 1. The zero-order valence-corrected chi connectivity index (χ0v) is 14.4. The van der Waals surface area contributed by atoms with Crippen LogP contribution in [0.5, 0.6) is 5.75 Å². The lowest BCUT2D eigenvalue weighted by atomic mass is 10.2. The molecule has 0 radical (unpaired) electrons. The van der Waals surface area contributed by atoms with Gasteiger partial charge in [0.25, 0.3) is 0 Å². The number of ether oxygens (including phenoxy) is 1. The number of allylic oxidation sites excluding steroid dienone is 1. The molecule has 0 saturated heterocycles. The Bertz CT molecular complexity index is 695. The smallest absolute Gasteiger partial charge is 0.416 e. The number of amides is 2. The van der Waals surface area contributed by atoms with E-state index in [0.717, 1.165) is 6.08 Å². The highest BCUT2D eigenvalue weighted by atomic mass is 35.5. The number of halogens is 5. The monoisotopic (exact) mass is 395 g/mol. The number of alkyl halides is 3. The number of hydrogen-bond acceptors (Lipinski definition) is 3. The van der Waals surface area contributed by atoms with Crippen molar-refractivity contribution in [3.8, 4) is 5.75 Å². The molecule has 0 heterocycles. The second-order valence-electron chi connectivity index (χ2n) is 4.68. The maximum Gasteiger partial charge on any atom is 0.416 e. The van der Waals surface area contributed by atoms with E-state index >= 15 is 0 Å². The average molecular weight is 396 g/mol. The van der Waals surface area contributed by atoms with Crippen LogP contribution in [0.3, 0.4) is 0 Å². The fraction of sp³-hybridized carbons (Fsp3) is 0.200. The van der Waals surface area contributed by atoms with E-state index in [1.165, 1.54) is 13.0 Å². The molecule has 10 heteroatoms. The number of nitrogens with one attached hydrogen (secondary N) is 3. The standard InChI is InChI=1S/C15H14Cl2F3N3O2/c1-3-4-22-14(24)23-8(2)5-12(21)25-13-10(16)6-9(7-11(13)17)15(18,19)20/h3,5-7,21H,1,4H2,2H3,(H2,22,23,24)/b8-5-,21-12?. The van der Waals surface area contributed by atoms with Crippen LogP contribution in [0.25, 0.3) is 0 Å². The van der Waals surface area contributed by atoms with Gasteiger partial charge in [0.1, 0.15) is 0 Å². The summed E-state index contributed by atoms with van der Waals surface area (Å²) in [5.41, 5.74) is -0.778. The highest BCUT2D eigenvalue weighted by Crippen LogP contribution is 2.39. The molecular weight excluding hydrogens is 382 g/mol. The van der Waals surface area contributed by atoms with Gasteiger partial charge in [-0.3, -0.25) is 5.41 Å². The Morgan fingerprint density at radius 2 is 1.92 bits per heavy atom. The summed E-state index contributed by atoms with van der Waals surface area (Å²) >= 11 is 11.5. The quantitative estimate of drug-likeness (QED) is 0.382. The van der Waals surface area contributed by atoms with Gasteiger partial charge >= 0.3 is 12.2 Å². The molecule has 2 amide bonds. The predicted octanol–water partition coefficient (Wildman–Crippen LogP) is 4.76. The average Bonchev–Trinajstić information content (AvgIpc) is 2.47. The van der Waals surface area contributed by atoms with Gasteiger partial charge in [0, 0.05) is 18.3 Å². The lowest BCUT2D eigenvalue weighted by Crippen LogP contribution is -2.34. The molecule has 136 valence electrons. The van der Waals surface area contributed by atoms with Gasteiger partial charge in [-0.25, -0.2) is 4.79 Å². The zero-order valence-electron chi connectivity index (χ0n) is 12.9. The Morgan fingerprint density at radius 3 is 2.40 bits per heavy atom. The molecule has 0 aliphatic rings. The summed E-state index contributed by atoms with van der Waals surface area (Å²) in [6, 6.07) is 0.772. The maximum atomic E-state index is 12.7. The van der Waals surface area contributed by atoms with Crippen molar-refractivity contribution in [2.75, 3.05) is 6.54 Å². The molecule has 25 heavy (non-hydrogen) atoms. The molecule has 1 rings (SSSR count). The summed E-state index contributed by atoms with van der Waals surface area (Å²) in [5, 5.41) is 11.8. The van der Waals surface area contributed by atoms with Gasteiger partial charge in [0.05, 0.1) is 15.6 Å². The molecule has 3 N–H and O–H groups in total. The van der Waals surface area contributed by atoms with Crippen LogP contribution in [-0.4, -0.2) is 18.5 Å². The summed E-state index contributed by atoms with van der Waals surface area (Å²) in [4.78, 5) is 11.4. The molecular formula is C15H14Cl2F3N3O2. The minimum atomic E-state index is -4.61. The SMILES string of the molecule is C=CCNC(=O)N/C(C)=C\C(=N)Oc1c(Cl)cc(C(F)(F)F)cc1Cl. The molecule has 0 bridgehead atoms. The van der Waals surface area contributed by atoms with Crippen molar-refractivity contribution in [1.29, 1.82) is 5.41 Å². The van der Waals surface area contributed by atoms with Crippen molar-refractivity contribution >= 4 is 35.1 Å². The normalized spacial score (nSPS) is 11.7. The molecule has 0 fully saturated rings. The van der Waals surface area contributed by atoms with Crippen LogP contribution in [-0.2, 0) is 6.18 Å². The first-order valence-corrected chi connectivity index (χ1v) is 7.47. The highest BCUT2D eigenvalue weighted by molar-refractivity contribution is 6.37. The van der Waals surface area contributed by atoms with E-state index in [1.807, 2.05) is 0 Å². The van der Waals surface area contributed by atoms with Crippen molar-refractivity contribution in [2.45, 2.75) is 13.1 Å². The minimum Gasteiger partial charge on any atom is -0.436 e. The first-order valence-electron chi connectivity index (χ1n) is 6.71. The molecule has 0 spiro atoms. The Labute approximate surface area is 151 Å². The molecule has 1 aromatic carbocycles. The topological polar surface area (TPSA) is 74.2 Å². The lowest BCUT2D eigenvalue weighted by Gasteiger charge is -2.13. The Kier molecular flexibility index (Phi) is 7.32. The van der Waals surface area contributed by atoms with Crippen molar-refractivity contribution in [3.05, 3.63) is 52.2 Å². The maximum absolute atomic E-state index is 12.7. The van der Waals surface area contributed by atoms with Crippen LogP contribution < -0.4 is 15.4 Å². The third-order valence-corrected chi connectivity index (χ3v) is 3.16. The summed E-state index contributed by atoms with van der Waals surface area (Å²) in [6.07, 6.45) is -1.99. The van der Waals surface area contributed by atoms with Crippen LogP contribution in [0, 0.1) is 5.41 Å². The zero-order chi connectivity index (χ0) is 19.2. The van der Waals surface area contributed by atoms with Gasteiger partial charge in [0.15, 0.2) is 5.75 Å². The summed E-state index contributed by atoms with van der Waals surface area (Å²) in [7, 11) is 0. The van der Waals surface area contributed by atoms with Gasteiger partial charge in [-0.2, -0.15) is 13.2 Å². The number of benzene rings is 1. The Hall–Kier alpha value is -2.19. The molecule has 0 saturated carbocycles. The first kappa shape index (κ1) is 20.9. The molecule has 0 unspecified atom stereocenters. The Morgan fingerprint density at radius 1 is 1.36 bits per heavy atom. The van der Waals surface area contributed by atoms with Crippen molar-refractivity contribution in [2.24, 2.45) is 0 Å². The van der Waals surface area contributed by atoms with Crippen LogP contribution in [0.15, 0.2) is 36.6 Å². The molecule has 0 aliphatic heterocycles. The molecule has 1 aromatic rings. The van der Waals surface area contributed by atoms with E-state index in [0.29, 0.717) is 12.1 Å². The van der Waals surface area contributed by atoms with E-state index in [1.54, 1.807) is 0 Å². The first-order chi connectivity index (χ1) is 11.5. The van der Waals surface area contributed by atoms with Gasteiger partial charge in [-0.05, 0) is 19.1 Å². The number of carbonyl (C=O) groups is 1. The predicted molar refractivity (Wildman–Crippen MR) is 90.3 cm³/mol. The van der Waals surface area contributed by atoms with E-state index in [2.05, 4.69) is 17.2 Å². The molecule has 0 aromatic heterocycles. The lowest BCUT2D eigenvalue weighted by molar-refractivity contribution is -0.137. The summed E-state index contributed by atoms with van der Waals surface area (Å²) in [6.45, 7) is 5.18. The molecule has 5 nitrogen and oxygen atoms in total. The largest absolute Gasteiger partial charge is 0.436 e. The van der Waals surface area contributed by atoms with Gasteiger partial charge < -0.3 is 15.4 Å². The third kappa shape index (κ3) is 6.67. The summed E-state index contributed by atoms with van der Waals surface area (Å²) < 4.78 is 43.1. The molecule has 0 aliphatic carbocycles. The van der Waals surface area contributed by atoms with E-state index < -0.39 is 33.7 Å². The number of carbonyl (C=O) groups excluding carboxylic acids is 1. The van der Waals surface area contributed by atoms with Gasteiger partial charge in [0.2, 0.25) is 5.90 Å². The van der Waals surface area contributed by atoms with Crippen LogP contribution in [0.4, 0.5) is 18.0 Å². The van der Waals surface area contributed by atoms with E-state index in [4.69, 9.17) is 33.3 Å². The second-order valence-corrected chi connectivity index (χ2v) is 5.50. The fourth-order valence-electron chi connectivity index (χ4n) is 1.58. The fourth-order valence-corrected chi connectivity index (χ4v) is 2.15. The van der Waals surface area contributed by atoms with Gasteiger partial charge in [-0.1, -0.05) is 29.3 Å². The highest BCUT2D eigenvalue weighted by Gasteiger charge is 2.32. The molecule has 0 atom stereocenters. The Balaban J connectivity index is 2.85. The van der Waals surface area contributed by atoms with Crippen molar-refractivity contribution in [3.63, 3.8) is 0 Å². The van der Waals surface area contributed by atoms with Crippen molar-refractivity contribution < 1.29 is 22.7 Å². The van der Waals surface area contributed by atoms with E-state index in [-0.39, 0.29) is 18.0 Å². The number of hydrogen-bond donors (Lipinski definition) is 3. The van der Waals surface area contributed by atoms with E-state index in [9.17, 15) is 18.0 Å². The minimum absolute atomic E-state index is 0.254. The second kappa shape index (κ2) is 8.77. The number of rotatable bonds is 5. The van der Waals surface area contributed by atoms with Gasteiger partial charge in [-0.15, -0.1) is 6.58 Å². The van der Waals surface area contributed by atoms with Crippen LogP contribution in [0.2, 0.25) is 10.0 Å². The van der Waals surface area contributed by atoms with Crippen LogP contribution in [0.1, 0.15) is 12.5 Å². The van der Waals surface area contributed by atoms with Crippen molar-refractivity contribution in [1.82, 2.24) is 10.6 Å².